The largest absolute Gasteiger partial charge is 0.324 e. The molecule has 21 heavy (non-hydrogen) atoms. The monoisotopic (exact) mass is 346 g/mol. The summed E-state index contributed by atoms with van der Waals surface area (Å²) in [6.45, 7) is 0. The van der Waals surface area contributed by atoms with Crippen LogP contribution in [0.4, 0.5) is 5.69 Å². The number of nitrogens with one attached hydrogen (secondary N) is 1. The summed E-state index contributed by atoms with van der Waals surface area (Å²) >= 11 is 3.43. The maximum Gasteiger partial charge on any atom is 0.227 e. The molecule has 1 saturated carbocycles. The van der Waals surface area contributed by atoms with E-state index in [4.69, 9.17) is 0 Å². The first kappa shape index (κ1) is 14.5. The van der Waals surface area contributed by atoms with Crippen LogP contribution in [0, 0.1) is 5.92 Å². The van der Waals surface area contributed by atoms with Gasteiger partial charge >= 0.3 is 0 Å². The number of fused-ring (bicyclic) bond motifs is 1. The zero-order chi connectivity index (χ0) is 14.7. The lowest BCUT2D eigenvalue weighted by Crippen LogP contribution is -2.22. The topological polar surface area (TPSA) is 42.0 Å². The number of amides is 1. The van der Waals surface area contributed by atoms with Crippen molar-refractivity contribution in [2.45, 2.75) is 38.5 Å². The van der Waals surface area contributed by atoms with E-state index < -0.39 is 0 Å². The van der Waals surface area contributed by atoms with Gasteiger partial charge < -0.3 is 5.32 Å². The molecular weight excluding hydrogens is 328 g/mol. The highest BCUT2D eigenvalue weighted by molar-refractivity contribution is 9.10. The van der Waals surface area contributed by atoms with Crippen molar-refractivity contribution < 1.29 is 4.79 Å². The van der Waals surface area contributed by atoms with Crippen LogP contribution < -0.4 is 5.32 Å². The minimum Gasteiger partial charge on any atom is -0.324 e. The van der Waals surface area contributed by atoms with E-state index in [0.717, 1.165) is 33.9 Å². The van der Waals surface area contributed by atoms with E-state index in [1.54, 1.807) is 6.20 Å². The quantitative estimate of drug-likeness (QED) is 0.785. The SMILES string of the molecule is O=C(Nc1cccc2cc(Br)cnc12)C1CCCCCC1. The summed E-state index contributed by atoms with van der Waals surface area (Å²) in [5.41, 5.74) is 1.66. The fourth-order valence-corrected chi connectivity index (χ4v) is 3.36. The molecular formula is C17H19BrN2O. The van der Waals surface area contributed by atoms with Crippen LogP contribution in [-0.2, 0) is 4.79 Å². The Balaban J connectivity index is 1.82. The van der Waals surface area contributed by atoms with Crippen LogP contribution >= 0.6 is 15.9 Å². The number of benzene rings is 1. The van der Waals surface area contributed by atoms with Crippen molar-refractivity contribution in [1.82, 2.24) is 4.98 Å². The van der Waals surface area contributed by atoms with E-state index in [2.05, 4.69) is 26.2 Å². The van der Waals surface area contributed by atoms with Crippen LogP contribution in [0.3, 0.4) is 0 Å². The van der Waals surface area contributed by atoms with Gasteiger partial charge in [-0.15, -0.1) is 0 Å². The lowest BCUT2D eigenvalue weighted by atomic mass is 9.99. The van der Waals surface area contributed by atoms with Gasteiger partial charge in [0.1, 0.15) is 0 Å². The molecule has 0 bridgehead atoms. The lowest BCUT2D eigenvalue weighted by molar-refractivity contribution is -0.120. The molecule has 0 aliphatic heterocycles. The first-order chi connectivity index (χ1) is 10.2. The van der Waals surface area contributed by atoms with E-state index >= 15 is 0 Å². The lowest BCUT2D eigenvalue weighted by Gasteiger charge is -2.15. The Labute approximate surface area is 133 Å². The third-order valence-electron chi connectivity index (χ3n) is 4.16. The molecule has 1 aliphatic rings. The summed E-state index contributed by atoms with van der Waals surface area (Å²) in [7, 11) is 0. The Morgan fingerprint density at radius 3 is 2.71 bits per heavy atom. The summed E-state index contributed by atoms with van der Waals surface area (Å²) in [4.78, 5) is 16.9. The van der Waals surface area contributed by atoms with Crippen molar-refractivity contribution in [2.24, 2.45) is 5.92 Å². The number of rotatable bonds is 2. The molecule has 1 N–H and O–H groups in total. The van der Waals surface area contributed by atoms with Gasteiger partial charge in [0, 0.05) is 22.0 Å². The maximum absolute atomic E-state index is 12.5. The van der Waals surface area contributed by atoms with Gasteiger partial charge in [-0.25, -0.2) is 0 Å². The summed E-state index contributed by atoms with van der Waals surface area (Å²) in [6.07, 6.45) is 8.63. The van der Waals surface area contributed by atoms with Gasteiger partial charge in [0.2, 0.25) is 5.91 Å². The molecule has 1 heterocycles. The molecule has 3 nitrogen and oxygen atoms in total. The number of carbonyl (C=O) groups excluding carboxylic acids is 1. The molecule has 1 aliphatic carbocycles. The molecule has 3 rings (SSSR count). The van der Waals surface area contributed by atoms with Gasteiger partial charge in [-0.3, -0.25) is 9.78 Å². The minimum atomic E-state index is 0.147. The number of halogens is 1. The third-order valence-corrected chi connectivity index (χ3v) is 4.60. The number of carbonyl (C=O) groups is 1. The molecule has 0 spiro atoms. The zero-order valence-electron chi connectivity index (χ0n) is 11.9. The van der Waals surface area contributed by atoms with E-state index in [1.807, 2.05) is 24.3 Å². The molecule has 110 valence electrons. The van der Waals surface area contributed by atoms with Crippen molar-refractivity contribution in [3.05, 3.63) is 34.9 Å². The molecule has 1 amide bonds. The Hall–Kier alpha value is -1.42. The maximum atomic E-state index is 12.5. The average Bonchev–Trinajstić information content (AvgIpc) is 2.76. The number of hydrogen-bond donors (Lipinski definition) is 1. The van der Waals surface area contributed by atoms with Gasteiger partial charge in [0.25, 0.3) is 0 Å². The number of nitrogens with zero attached hydrogens (tertiary/aromatic N) is 1. The van der Waals surface area contributed by atoms with Crippen molar-refractivity contribution in [1.29, 1.82) is 0 Å². The summed E-state index contributed by atoms with van der Waals surface area (Å²) in [5.74, 6) is 0.298. The van der Waals surface area contributed by atoms with Crippen LogP contribution in [0.15, 0.2) is 34.9 Å². The van der Waals surface area contributed by atoms with Crippen LogP contribution in [0.2, 0.25) is 0 Å². The summed E-state index contributed by atoms with van der Waals surface area (Å²) < 4.78 is 0.947. The highest BCUT2D eigenvalue weighted by Crippen LogP contribution is 2.27. The molecule has 0 atom stereocenters. The fourth-order valence-electron chi connectivity index (χ4n) is 3.01. The van der Waals surface area contributed by atoms with Crippen molar-refractivity contribution in [3.8, 4) is 0 Å². The van der Waals surface area contributed by atoms with E-state index in [0.29, 0.717) is 0 Å². The molecule has 0 saturated heterocycles. The molecule has 1 aromatic heterocycles. The Morgan fingerprint density at radius 2 is 1.95 bits per heavy atom. The Kier molecular flexibility index (Phi) is 4.54. The highest BCUT2D eigenvalue weighted by Gasteiger charge is 2.20. The van der Waals surface area contributed by atoms with Gasteiger partial charge in [-0.2, -0.15) is 0 Å². The fraction of sp³-hybridized carbons (Fsp3) is 0.412. The van der Waals surface area contributed by atoms with Crippen LogP contribution in [0.5, 0.6) is 0 Å². The first-order valence-electron chi connectivity index (χ1n) is 7.59. The van der Waals surface area contributed by atoms with Gasteiger partial charge in [0.05, 0.1) is 11.2 Å². The molecule has 0 unspecified atom stereocenters. The smallest absolute Gasteiger partial charge is 0.227 e. The molecule has 4 heteroatoms. The van der Waals surface area contributed by atoms with Crippen LogP contribution in [-0.4, -0.2) is 10.9 Å². The third kappa shape index (κ3) is 3.43. The number of para-hydroxylation sites is 1. The minimum absolute atomic E-state index is 0.147. The molecule has 1 aromatic carbocycles. The van der Waals surface area contributed by atoms with E-state index in [-0.39, 0.29) is 11.8 Å². The normalized spacial score (nSPS) is 16.6. The Bertz CT molecular complexity index is 648. The second-order valence-corrected chi connectivity index (χ2v) is 6.62. The van der Waals surface area contributed by atoms with Gasteiger partial charge in [0.15, 0.2) is 0 Å². The highest BCUT2D eigenvalue weighted by atomic mass is 79.9. The molecule has 1 fully saturated rings. The van der Waals surface area contributed by atoms with Gasteiger partial charge in [-0.05, 0) is 40.9 Å². The van der Waals surface area contributed by atoms with Crippen molar-refractivity contribution in [3.63, 3.8) is 0 Å². The van der Waals surface area contributed by atoms with Crippen LogP contribution in [0.1, 0.15) is 38.5 Å². The van der Waals surface area contributed by atoms with Crippen molar-refractivity contribution in [2.75, 3.05) is 5.32 Å². The molecule has 0 radical (unpaired) electrons. The number of anilines is 1. The number of hydrogen-bond acceptors (Lipinski definition) is 2. The standard InChI is InChI=1S/C17H19BrN2O/c18-14-10-13-8-5-9-15(16(13)19-11-14)20-17(21)12-6-3-1-2-4-7-12/h5,8-12H,1-4,6-7H2,(H,20,21). The predicted octanol–water partition coefficient (Wildman–Crippen LogP) is 4.91. The zero-order valence-corrected chi connectivity index (χ0v) is 13.5. The summed E-state index contributed by atoms with van der Waals surface area (Å²) in [6, 6.07) is 7.91. The van der Waals surface area contributed by atoms with E-state index in [1.165, 1.54) is 25.7 Å². The van der Waals surface area contributed by atoms with Crippen LogP contribution in [0.25, 0.3) is 10.9 Å². The second-order valence-electron chi connectivity index (χ2n) is 5.71. The first-order valence-corrected chi connectivity index (χ1v) is 8.38. The van der Waals surface area contributed by atoms with Gasteiger partial charge in [-0.1, -0.05) is 37.8 Å². The number of aromatic nitrogens is 1. The second kappa shape index (κ2) is 6.56. The predicted molar refractivity (Wildman–Crippen MR) is 89.3 cm³/mol. The average molecular weight is 347 g/mol. The molecule has 2 aromatic rings. The number of pyridine rings is 1. The Morgan fingerprint density at radius 1 is 1.19 bits per heavy atom. The van der Waals surface area contributed by atoms with Crippen molar-refractivity contribution >= 4 is 38.4 Å². The van der Waals surface area contributed by atoms with E-state index in [9.17, 15) is 4.79 Å². The summed E-state index contributed by atoms with van der Waals surface area (Å²) in [5, 5.41) is 4.12.